The van der Waals surface area contributed by atoms with Crippen LogP contribution in [-0.4, -0.2) is 38.4 Å². The van der Waals surface area contributed by atoms with Crippen LogP contribution >= 0.6 is 11.6 Å². The summed E-state index contributed by atoms with van der Waals surface area (Å²) < 4.78 is 9.93. The summed E-state index contributed by atoms with van der Waals surface area (Å²) in [5.41, 5.74) is 2.04. The molecule has 0 N–H and O–H groups in total. The number of hydrogen-bond donors (Lipinski definition) is 0. The number of fused-ring (bicyclic) bond motifs is 3. The summed E-state index contributed by atoms with van der Waals surface area (Å²) >= 11 is 6.33. The van der Waals surface area contributed by atoms with E-state index in [0.717, 1.165) is 24.2 Å². The van der Waals surface area contributed by atoms with E-state index >= 15 is 0 Å². The van der Waals surface area contributed by atoms with E-state index in [1.54, 1.807) is 7.05 Å². The minimum atomic E-state index is -0.386. The number of benzene rings is 1. The minimum absolute atomic E-state index is 0.215. The molecule has 0 amide bonds. The van der Waals surface area contributed by atoms with Gasteiger partial charge in [0.05, 0.1) is 13.2 Å². The predicted octanol–water partition coefficient (Wildman–Crippen LogP) is 2.44. The Morgan fingerprint density at radius 3 is 2.79 bits per heavy atom. The molecular formula is C20H24ClN5O3. The molecule has 1 aromatic carbocycles. The van der Waals surface area contributed by atoms with Crippen LogP contribution in [0.5, 0.6) is 0 Å². The molecule has 0 fully saturated rings. The highest BCUT2D eigenvalue weighted by Gasteiger charge is 2.27. The molecule has 1 aliphatic heterocycles. The number of halogens is 1. The molecule has 9 heteroatoms. The number of ether oxygens (including phenoxy) is 1. The molecule has 1 aliphatic rings. The largest absolute Gasteiger partial charge is 0.380 e. The van der Waals surface area contributed by atoms with Gasteiger partial charge in [-0.25, -0.2) is 4.79 Å². The van der Waals surface area contributed by atoms with E-state index in [1.807, 2.05) is 36.6 Å². The Labute approximate surface area is 172 Å². The van der Waals surface area contributed by atoms with Crippen LogP contribution in [0.15, 0.2) is 27.8 Å². The Kier molecular flexibility index (Phi) is 5.23. The molecule has 0 bridgehead atoms. The van der Waals surface area contributed by atoms with Gasteiger partial charge in [0.15, 0.2) is 11.2 Å². The van der Waals surface area contributed by atoms with Crippen molar-refractivity contribution in [1.29, 1.82) is 0 Å². The highest BCUT2D eigenvalue weighted by molar-refractivity contribution is 6.31. The Bertz CT molecular complexity index is 1190. The van der Waals surface area contributed by atoms with Crippen LogP contribution in [-0.2, 0) is 24.9 Å². The van der Waals surface area contributed by atoms with Crippen molar-refractivity contribution in [2.24, 2.45) is 7.05 Å². The fourth-order valence-electron chi connectivity index (χ4n) is 3.88. The number of aromatic nitrogens is 4. The van der Waals surface area contributed by atoms with Gasteiger partial charge in [0, 0.05) is 37.5 Å². The molecule has 0 unspecified atom stereocenters. The highest BCUT2D eigenvalue weighted by Crippen LogP contribution is 2.35. The van der Waals surface area contributed by atoms with E-state index in [-0.39, 0.29) is 17.8 Å². The van der Waals surface area contributed by atoms with Crippen LogP contribution in [0.1, 0.15) is 18.9 Å². The van der Waals surface area contributed by atoms with Gasteiger partial charge < -0.3 is 14.2 Å². The normalized spacial score (nSPS) is 13.9. The predicted molar refractivity (Wildman–Crippen MR) is 114 cm³/mol. The van der Waals surface area contributed by atoms with E-state index in [4.69, 9.17) is 21.3 Å². The lowest BCUT2D eigenvalue weighted by Gasteiger charge is -2.30. The Hall–Kier alpha value is -2.58. The molecule has 154 valence electrons. The quantitative estimate of drug-likeness (QED) is 0.596. The van der Waals surface area contributed by atoms with Gasteiger partial charge in [0.1, 0.15) is 0 Å². The number of rotatable bonds is 5. The third kappa shape index (κ3) is 3.16. The summed E-state index contributed by atoms with van der Waals surface area (Å²) in [4.78, 5) is 32.7. The zero-order chi connectivity index (χ0) is 20.7. The average Bonchev–Trinajstić information content (AvgIpc) is 3.11. The number of aryl methyl sites for hydroxylation is 2. The van der Waals surface area contributed by atoms with Crippen LogP contribution in [0, 0.1) is 6.92 Å². The minimum Gasteiger partial charge on any atom is -0.380 e. The number of hydrogen-bond acceptors (Lipinski definition) is 5. The van der Waals surface area contributed by atoms with Gasteiger partial charge in [-0.1, -0.05) is 17.7 Å². The zero-order valence-corrected chi connectivity index (χ0v) is 17.6. The van der Waals surface area contributed by atoms with E-state index in [1.165, 1.54) is 9.13 Å². The maximum Gasteiger partial charge on any atom is 0.332 e. The fourth-order valence-corrected chi connectivity index (χ4v) is 4.05. The maximum absolute atomic E-state index is 13.2. The fraction of sp³-hybridized carbons (Fsp3) is 0.450. The van der Waals surface area contributed by atoms with Crippen molar-refractivity contribution in [2.45, 2.75) is 33.4 Å². The Balaban J connectivity index is 1.92. The number of imidazole rings is 1. The van der Waals surface area contributed by atoms with Crippen LogP contribution in [0.3, 0.4) is 0 Å². The van der Waals surface area contributed by atoms with E-state index < -0.39 is 0 Å². The first kappa shape index (κ1) is 19.7. The van der Waals surface area contributed by atoms with Crippen LogP contribution in [0.4, 0.5) is 11.6 Å². The zero-order valence-electron chi connectivity index (χ0n) is 16.8. The van der Waals surface area contributed by atoms with Crippen molar-refractivity contribution in [1.82, 2.24) is 18.7 Å². The lowest BCUT2D eigenvalue weighted by atomic mass is 10.1. The van der Waals surface area contributed by atoms with Crippen LogP contribution in [0.25, 0.3) is 11.2 Å². The van der Waals surface area contributed by atoms with Gasteiger partial charge >= 0.3 is 5.69 Å². The smallest absolute Gasteiger partial charge is 0.332 e. The van der Waals surface area contributed by atoms with Crippen molar-refractivity contribution in [2.75, 3.05) is 24.7 Å². The molecule has 8 nitrogen and oxygen atoms in total. The standard InChI is InChI=1S/C20H24ClN5O3/c1-4-29-12-11-26-18(27)16-17(23(3)20(26)28)22-19-24(9-6-10-25(16)19)15-8-5-7-14(21)13(15)2/h5,7-8H,4,6,9-12H2,1-3H3. The second kappa shape index (κ2) is 7.68. The summed E-state index contributed by atoms with van der Waals surface area (Å²) in [6.07, 6.45) is 0.853. The monoisotopic (exact) mass is 417 g/mol. The molecule has 0 saturated carbocycles. The maximum atomic E-state index is 13.2. The van der Waals surface area contributed by atoms with Gasteiger partial charge in [-0.15, -0.1) is 0 Å². The summed E-state index contributed by atoms with van der Waals surface area (Å²) in [5.74, 6) is 0.659. The highest BCUT2D eigenvalue weighted by atomic mass is 35.5. The van der Waals surface area contributed by atoms with Gasteiger partial charge in [-0.2, -0.15) is 4.98 Å². The summed E-state index contributed by atoms with van der Waals surface area (Å²) in [7, 11) is 1.65. The molecule has 0 spiro atoms. The lowest BCUT2D eigenvalue weighted by Crippen LogP contribution is -2.40. The first-order valence-corrected chi connectivity index (χ1v) is 10.1. The molecule has 29 heavy (non-hydrogen) atoms. The SMILES string of the molecule is CCOCCn1c(=O)c2c(nc3n2CCCN3c2cccc(Cl)c2C)n(C)c1=O. The Morgan fingerprint density at radius 1 is 1.24 bits per heavy atom. The molecule has 0 atom stereocenters. The molecule has 0 radical (unpaired) electrons. The second-order valence-electron chi connectivity index (χ2n) is 7.12. The molecule has 2 aromatic heterocycles. The molecule has 4 rings (SSSR count). The first-order chi connectivity index (χ1) is 14.0. The van der Waals surface area contributed by atoms with Crippen molar-refractivity contribution < 1.29 is 4.74 Å². The van der Waals surface area contributed by atoms with Gasteiger partial charge in [-0.05, 0) is 38.0 Å². The third-order valence-corrected chi connectivity index (χ3v) is 5.82. The van der Waals surface area contributed by atoms with Crippen LogP contribution in [0.2, 0.25) is 5.02 Å². The van der Waals surface area contributed by atoms with E-state index in [0.29, 0.717) is 41.9 Å². The first-order valence-electron chi connectivity index (χ1n) is 9.76. The van der Waals surface area contributed by atoms with Gasteiger partial charge in [0.25, 0.3) is 5.56 Å². The van der Waals surface area contributed by atoms with Crippen molar-refractivity contribution in [3.8, 4) is 0 Å². The topological polar surface area (TPSA) is 74.3 Å². The van der Waals surface area contributed by atoms with Crippen molar-refractivity contribution in [3.05, 3.63) is 49.6 Å². The van der Waals surface area contributed by atoms with E-state index in [9.17, 15) is 9.59 Å². The van der Waals surface area contributed by atoms with Gasteiger partial charge in [0.2, 0.25) is 5.95 Å². The van der Waals surface area contributed by atoms with Crippen LogP contribution < -0.4 is 16.1 Å². The van der Waals surface area contributed by atoms with Crippen molar-refractivity contribution >= 4 is 34.4 Å². The number of anilines is 2. The lowest BCUT2D eigenvalue weighted by molar-refractivity contribution is 0.137. The van der Waals surface area contributed by atoms with Crippen molar-refractivity contribution in [3.63, 3.8) is 0 Å². The number of nitrogens with zero attached hydrogens (tertiary/aromatic N) is 5. The molecule has 0 aliphatic carbocycles. The summed E-state index contributed by atoms with van der Waals surface area (Å²) in [6.45, 7) is 6.34. The summed E-state index contributed by atoms with van der Waals surface area (Å²) in [5, 5.41) is 0.682. The Morgan fingerprint density at radius 2 is 2.03 bits per heavy atom. The molecular weight excluding hydrogens is 394 g/mol. The molecule has 0 saturated heterocycles. The van der Waals surface area contributed by atoms with E-state index in [2.05, 4.69) is 4.90 Å². The molecule has 3 aromatic rings. The molecule has 3 heterocycles. The second-order valence-corrected chi connectivity index (χ2v) is 7.53. The average molecular weight is 418 g/mol. The third-order valence-electron chi connectivity index (χ3n) is 5.41. The van der Waals surface area contributed by atoms with Gasteiger partial charge in [-0.3, -0.25) is 13.9 Å². The summed E-state index contributed by atoms with van der Waals surface area (Å²) in [6, 6.07) is 5.76.